The maximum atomic E-state index is 9.51. The van der Waals surface area contributed by atoms with Gasteiger partial charge in [-0.2, -0.15) is 0 Å². The Kier molecular flexibility index (Phi) is 6.72. The molecule has 0 bridgehead atoms. The largest absolute Gasteiger partial charge is 0.497 e. The molecule has 1 fully saturated rings. The van der Waals surface area contributed by atoms with Crippen molar-refractivity contribution in [1.29, 1.82) is 0 Å². The molecule has 0 saturated carbocycles. The van der Waals surface area contributed by atoms with Crippen molar-refractivity contribution in [1.82, 2.24) is 9.80 Å². The van der Waals surface area contributed by atoms with Crippen molar-refractivity contribution < 1.29 is 14.3 Å². The van der Waals surface area contributed by atoms with Gasteiger partial charge >= 0.3 is 0 Å². The van der Waals surface area contributed by atoms with Gasteiger partial charge in [-0.05, 0) is 36.2 Å². The van der Waals surface area contributed by atoms with Gasteiger partial charge < -0.3 is 14.3 Å². The van der Waals surface area contributed by atoms with Gasteiger partial charge in [-0.25, -0.2) is 0 Å². The number of ether oxygens (including phenoxy) is 1. The highest BCUT2D eigenvalue weighted by molar-refractivity contribution is 5.28. The van der Waals surface area contributed by atoms with E-state index in [1.807, 2.05) is 12.1 Å². The lowest BCUT2D eigenvalue weighted by molar-refractivity contribution is 0.0466. The molecule has 5 nitrogen and oxygen atoms in total. The number of benzene rings is 1. The molecule has 2 heterocycles. The van der Waals surface area contributed by atoms with E-state index < -0.39 is 0 Å². The number of aryl methyl sites for hydroxylation is 1. The van der Waals surface area contributed by atoms with Crippen LogP contribution in [-0.4, -0.2) is 54.3 Å². The molecule has 5 heteroatoms. The van der Waals surface area contributed by atoms with E-state index in [4.69, 9.17) is 9.15 Å². The molecular weight excluding hydrogens is 328 g/mol. The van der Waals surface area contributed by atoms with Crippen LogP contribution in [0.4, 0.5) is 0 Å². The summed E-state index contributed by atoms with van der Waals surface area (Å²) < 4.78 is 11.2. The van der Waals surface area contributed by atoms with E-state index in [2.05, 4.69) is 41.0 Å². The fourth-order valence-corrected chi connectivity index (χ4v) is 3.65. The zero-order valence-corrected chi connectivity index (χ0v) is 15.9. The lowest BCUT2D eigenvalue weighted by Gasteiger charge is -2.41. The molecule has 1 aromatic heterocycles. The van der Waals surface area contributed by atoms with Crippen LogP contribution in [0.15, 0.2) is 40.8 Å². The van der Waals surface area contributed by atoms with Gasteiger partial charge in [0.15, 0.2) is 0 Å². The summed E-state index contributed by atoms with van der Waals surface area (Å²) in [5.74, 6) is 2.97. The third kappa shape index (κ3) is 4.87. The lowest BCUT2D eigenvalue weighted by Crippen LogP contribution is -2.52. The number of methoxy groups -OCH3 is 1. The van der Waals surface area contributed by atoms with Crippen molar-refractivity contribution in [3.05, 3.63) is 53.5 Å². The number of nitrogens with zero attached hydrogens (tertiary/aromatic N) is 2. The zero-order chi connectivity index (χ0) is 18.4. The Hall–Kier alpha value is -1.82. The van der Waals surface area contributed by atoms with Gasteiger partial charge in [0.25, 0.3) is 0 Å². The van der Waals surface area contributed by atoms with Gasteiger partial charge in [0, 0.05) is 45.2 Å². The van der Waals surface area contributed by atoms with Crippen molar-refractivity contribution in [2.24, 2.45) is 0 Å². The zero-order valence-electron chi connectivity index (χ0n) is 15.9. The highest BCUT2D eigenvalue weighted by atomic mass is 16.5. The van der Waals surface area contributed by atoms with E-state index in [0.717, 1.165) is 62.8 Å². The average molecular weight is 358 g/mol. The molecule has 1 atom stereocenters. The van der Waals surface area contributed by atoms with Crippen LogP contribution in [0.5, 0.6) is 5.75 Å². The summed E-state index contributed by atoms with van der Waals surface area (Å²) in [7, 11) is 1.70. The summed E-state index contributed by atoms with van der Waals surface area (Å²) in [6.45, 7) is 7.00. The number of piperazine rings is 1. The lowest BCUT2D eigenvalue weighted by atomic mass is 10.1. The molecule has 1 N–H and O–H groups in total. The van der Waals surface area contributed by atoms with Crippen LogP contribution in [0.2, 0.25) is 0 Å². The van der Waals surface area contributed by atoms with E-state index in [9.17, 15) is 5.11 Å². The molecule has 0 spiro atoms. The molecule has 3 rings (SSSR count). The summed E-state index contributed by atoms with van der Waals surface area (Å²) in [4.78, 5) is 4.90. The predicted octanol–water partition coefficient (Wildman–Crippen LogP) is 2.92. The third-order valence-electron chi connectivity index (χ3n) is 5.12. The number of hydrogen-bond acceptors (Lipinski definition) is 5. The van der Waals surface area contributed by atoms with Gasteiger partial charge in [-0.1, -0.05) is 19.1 Å². The first-order valence-corrected chi connectivity index (χ1v) is 9.49. The molecule has 0 amide bonds. The highest BCUT2D eigenvalue weighted by Crippen LogP contribution is 2.21. The summed E-state index contributed by atoms with van der Waals surface area (Å²) in [6, 6.07) is 12.7. The van der Waals surface area contributed by atoms with Crippen molar-refractivity contribution in [3.8, 4) is 5.75 Å². The van der Waals surface area contributed by atoms with Crippen LogP contribution in [0.25, 0.3) is 0 Å². The van der Waals surface area contributed by atoms with E-state index >= 15 is 0 Å². The molecule has 2 aromatic rings. The SMILES string of the molecule is CCc1ccc(CN2CCN(Cc3cccc(OC)c3)C(CCO)C2)o1. The van der Waals surface area contributed by atoms with Crippen LogP contribution in [-0.2, 0) is 19.5 Å². The van der Waals surface area contributed by atoms with E-state index in [-0.39, 0.29) is 6.61 Å². The second kappa shape index (κ2) is 9.21. The van der Waals surface area contributed by atoms with Gasteiger partial charge in [0.2, 0.25) is 0 Å². The Morgan fingerprint density at radius 1 is 1.15 bits per heavy atom. The Morgan fingerprint density at radius 2 is 2.00 bits per heavy atom. The van der Waals surface area contributed by atoms with Crippen LogP contribution < -0.4 is 4.74 Å². The van der Waals surface area contributed by atoms with Crippen molar-refractivity contribution in [3.63, 3.8) is 0 Å². The van der Waals surface area contributed by atoms with Gasteiger partial charge in [-0.3, -0.25) is 9.80 Å². The van der Waals surface area contributed by atoms with Gasteiger partial charge in [0.05, 0.1) is 13.7 Å². The first-order chi connectivity index (χ1) is 12.7. The van der Waals surface area contributed by atoms with Crippen molar-refractivity contribution in [2.45, 2.75) is 38.9 Å². The Labute approximate surface area is 156 Å². The van der Waals surface area contributed by atoms with Crippen LogP contribution >= 0.6 is 0 Å². The molecule has 1 aliphatic heterocycles. The molecule has 1 unspecified atom stereocenters. The van der Waals surface area contributed by atoms with Crippen LogP contribution in [0.1, 0.15) is 30.4 Å². The summed E-state index contributed by atoms with van der Waals surface area (Å²) in [6.07, 6.45) is 1.72. The van der Waals surface area contributed by atoms with Crippen LogP contribution in [0.3, 0.4) is 0 Å². The van der Waals surface area contributed by atoms with Crippen molar-refractivity contribution >= 4 is 0 Å². The fourth-order valence-electron chi connectivity index (χ4n) is 3.65. The smallest absolute Gasteiger partial charge is 0.119 e. The fraction of sp³-hybridized carbons (Fsp3) is 0.524. The molecule has 142 valence electrons. The predicted molar refractivity (Wildman–Crippen MR) is 102 cm³/mol. The monoisotopic (exact) mass is 358 g/mol. The van der Waals surface area contributed by atoms with E-state index in [1.54, 1.807) is 7.11 Å². The number of aliphatic hydroxyl groups excluding tert-OH is 1. The van der Waals surface area contributed by atoms with Gasteiger partial charge in [0.1, 0.15) is 17.3 Å². The minimum absolute atomic E-state index is 0.216. The first kappa shape index (κ1) is 19.0. The maximum Gasteiger partial charge on any atom is 0.119 e. The first-order valence-electron chi connectivity index (χ1n) is 9.49. The highest BCUT2D eigenvalue weighted by Gasteiger charge is 2.27. The summed E-state index contributed by atoms with van der Waals surface area (Å²) >= 11 is 0. The summed E-state index contributed by atoms with van der Waals surface area (Å²) in [5, 5.41) is 9.51. The molecule has 1 saturated heterocycles. The minimum atomic E-state index is 0.216. The van der Waals surface area contributed by atoms with Crippen LogP contribution in [0, 0.1) is 0 Å². The molecule has 0 aliphatic carbocycles. The summed E-state index contributed by atoms with van der Waals surface area (Å²) in [5.41, 5.74) is 1.25. The van der Waals surface area contributed by atoms with Gasteiger partial charge in [-0.15, -0.1) is 0 Å². The maximum absolute atomic E-state index is 9.51. The molecular formula is C21H30N2O3. The standard InChI is InChI=1S/C21H30N2O3/c1-3-19-7-8-21(26-19)16-22-10-11-23(18(15-22)9-12-24)14-17-5-4-6-20(13-17)25-2/h4-8,13,18,24H,3,9-12,14-16H2,1-2H3. The molecule has 0 radical (unpaired) electrons. The van der Waals surface area contributed by atoms with E-state index in [0.29, 0.717) is 6.04 Å². The average Bonchev–Trinajstić information content (AvgIpc) is 3.12. The minimum Gasteiger partial charge on any atom is -0.497 e. The number of furan rings is 1. The second-order valence-electron chi connectivity index (χ2n) is 6.94. The Bertz CT molecular complexity index is 685. The Balaban J connectivity index is 1.61. The Morgan fingerprint density at radius 3 is 2.73 bits per heavy atom. The topological polar surface area (TPSA) is 49.1 Å². The van der Waals surface area contributed by atoms with Crippen molar-refractivity contribution in [2.75, 3.05) is 33.4 Å². The molecule has 1 aliphatic rings. The van der Waals surface area contributed by atoms with E-state index in [1.165, 1.54) is 5.56 Å². The molecule has 1 aromatic carbocycles. The third-order valence-corrected chi connectivity index (χ3v) is 5.12. The number of hydrogen-bond donors (Lipinski definition) is 1. The quantitative estimate of drug-likeness (QED) is 0.786. The number of aliphatic hydroxyl groups is 1. The number of rotatable bonds is 8. The normalized spacial score (nSPS) is 19.0. The second-order valence-corrected chi connectivity index (χ2v) is 6.94. The molecule has 26 heavy (non-hydrogen) atoms.